The Morgan fingerprint density at radius 1 is 1.03 bits per heavy atom. The van der Waals surface area contributed by atoms with E-state index >= 15 is 0 Å². The number of rotatable bonds is 8. The predicted molar refractivity (Wildman–Crippen MR) is 113 cm³/mol. The molecule has 4 nitrogen and oxygen atoms in total. The van der Waals surface area contributed by atoms with E-state index in [1.54, 1.807) is 0 Å². The lowest BCUT2D eigenvalue weighted by molar-refractivity contribution is -0.140. The number of methoxy groups -OCH3 is 1. The van der Waals surface area contributed by atoms with Crippen LogP contribution in [-0.4, -0.2) is 24.7 Å². The van der Waals surface area contributed by atoms with Crippen LogP contribution in [0.1, 0.15) is 28.1 Å². The second kappa shape index (κ2) is 9.96. The largest absolute Gasteiger partial charge is 0.493 e. The predicted octanol–water partition coefficient (Wildman–Crippen LogP) is 5.86. The smallest absolute Gasteiger partial charge is 0.416 e. The quantitative estimate of drug-likeness (QED) is 0.404. The Morgan fingerprint density at radius 2 is 1.71 bits per heavy atom. The van der Waals surface area contributed by atoms with E-state index in [2.05, 4.69) is 9.72 Å². The number of thiazole rings is 1. The SMILES string of the molecule is COC(=O)CCc1ccc(OCCc2sc(-c3ccc(C(F)(F)F)cc3)nc2C)cc1. The summed E-state index contributed by atoms with van der Waals surface area (Å²) in [6.45, 7) is 2.34. The summed E-state index contributed by atoms with van der Waals surface area (Å²) in [4.78, 5) is 16.7. The number of hydrogen-bond donors (Lipinski definition) is 0. The number of nitrogens with zero attached hydrogens (tertiary/aromatic N) is 1. The first-order valence-corrected chi connectivity index (χ1v) is 10.5. The molecule has 0 spiro atoms. The third-order valence-electron chi connectivity index (χ3n) is 4.72. The monoisotopic (exact) mass is 449 g/mol. The zero-order valence-corrected chi connectivity index (χ0v) is 18.0. The van der Waals surface area contributed by atoms with Crippen LogP contribution in [0.5, 0.6) is 5.75 Å². The summed E-state index contributed by atoms with van der Waals surface area (Å²) < 4.78 is 48.6. The molecule has 0 aliphatic rings. The molecule has 1 heterocycles. The summed E-state index contributed by atoms with van der Waals surface area (Å²) in [5.74, 6) is 0.489. The van der Waals surface area contributed by atoms with Gasteiger partial charge in [-0.25, -0.2) is 4.98 Å². The second-order valence-corrected chi connectivity index (χ2v) is 8.00. The Bertz CT molecular complexity index is 1010. The van der Waals surface area contributed by atoms with Gasteiger partial charge in [0.25, 0.3) is 0 Å². The summed E-state index contributed by atoms with van der Waals surface area (Å²) in [5.41, 5.74) is 1.86. The van der Waals surface area contributed by atoms with E-state index < -0.39 is 11.7 Å². The first-order chi connectivity index (χ1) is 14.8. The molecule has 164 valence electrons. The van der Waals surface area contributed by atoms with Gasteiger partial charge in [0.1, 0.15) is 10.8 Å². The summed E-state index contributed by atoms with van der Waals surface area (Å²) in [5, 5.41) is 0.691. The number of ether oxygens (including phenoxy) is 2. The Hall–Kier alpha value is -2.87. The maximum atomic E-state index is 12.7. The molecule has 0 aliphatic carbocycles. The first-order valence-electron chi connectivity index (χ1n) is 9.69. The molecule has 0 saturated carbocycles. The number of alkyl halides is 3. The van der Waals surface area contributed by atoms with Crippen LogP contribution >= 0.6 is 11.3 Å². The Labute approximate surface area is 182 Å². The molecule has 0 fully saturated rings. The average Bonchev–Trinajstić information content (AvgIpc) is 3.13. The first kappa shape index (κ1) is 22.8. The van der Waals surface area contributed by atoms with Gasteiger partial charge >= 0.3 is 12.1 Å². The molecule has 3 rings (SSSR count). The highest BCUT2D eigenvalue weighted by Gasteiger charge is 2.30. The van der Waals surface area contributed by atoms with Crippen molar-refractivity contribution in [3.05, 3.63) is 70.2 Å². The lowest BCUT2D eigenvalue weighted by Gasteiger charge is -2.07. The van der Waals surface area contributed by atoms with E-state index in [-0.39, 0.29) is 5.97 Å². The number of halogens is 3. The number of hydrogen-bond acceptors (Lipinski definition) is 5. The number of aryl methyl sites for hydroxylation is 2. The van der Waals surface area contributed by atoms with Crippen LogP contribution in [0, 0.1) is 6.92 Å². The highest BCUT2D eigenvalue weighted by atomic mass is 32.1. The molecule has 8 heteroatoms. The fourth-order valence-corrected chi connectivity index (χ4v) is 4.00. The van der Waals surface area contributed by atoms with Crippen molar-refractivity contribution in [3.8, 4) is 16.3 Å². The normalized spacial score (nSPS) is 11.4. The van der Waals surface area contributed by atoms with Gasteiger partial charge in [-0.2, -0.15) is 13.2 Å². The van der Waals surface area contributed by atoms with Gasteiger partial charge in [-0.15, -0.1) is 11.3 Å². The summed E-state index contributed by atoms with van der Waals surface area (Å²) in [7, 11) is 1.37. The molecule has 0 atom stereocenters. The molecule has 1 aromatic heterocycles. The van der Waals surface area contributed by atoms with Gasteiger partial charge in [0.2, 0.25) is 0 Å². The maximum Gasteiger partial charge on any atom is 0.416 e. The van der Waals surface area contributed by atoms with Crippen LogP contribution in [0.15, 0.2) is 48.5 Å². The third kappa shape index (κ3) is 6.30. The molecule has 3 aromatic rings. The minimum absolute atomic E-state index is 0.240. The van der Waals surface area contributed by atoms with Crippen LogP contribution in [0.2, 0.25) is 0 Å². The minimum atomic E-state index is -4.35. The molecule has 0 radical (unpaired) electrons. The fourth-order valence-electron chi connectivity index (χ4n) is 2.95. The molecule has 0 aliphatic heterocycles. The van der Waals surface area contributed by atoms with E-state index in [9.17, 15) is 18.0 Å². The molecular weight excluding hydrogens is 427 g/mol. The second-order valence-electron chi connectivity index (χ2n) is 6.92. The molecule has 2 aromatic carbocycles. The zero-order chi connectivity index (χ0) is 22.4. The fraction of sp³-hybridized carbons (Fsp3) is 0.304. The topological polar surface area (TPSA) is 48.4 Å². The zero-order valence-electron chi connectivity index (χ0n) is 17.2. The number of esters is 1. The highest BCUT2D eigenvalue weighted by molar-refractivity contribution is 7.15. The molecule has 0 N–H and O–H groups in total. The van der Waals surface area contributed by atoms with Gasteiger partial charge in [0, 0.05) is 23.3 Å². The van der Waals surface area contributed by atoms with Crippen LogP contribution in [0.4, 0.5) is 13.2 Å². The van der Waals surface area contributed by atoms with Crippen molar-refractivity contribution in [1.29, 1.82) is 0 Å². The van der Waals surface area contributed by atoms with E-state index in [0.29, 0.717) is 36.4 Å². The van der Waals surface area contributed by atoms with Crippen LogP contribution in [0.3, 0.4) is 0 Å². The van der Waals surface area contributed by atoms with Gasteiger partial charge in [0.05, 0.1) is 25.0 Å². The third-order valence-corrected chi connectivity index (χ3v) is 5.98. The van der Waals surface area contributed by atoms with Crippen molar-refractivity contribution in [1.82, 2.24) is 4.98 Å². The van der Waals surface area contributed by atoms with Crippen molar-refractivity contribution in [2.24, 2.45) is 0 Å². The molecule has 0 saturated heterocycles. The van der Waals surface area contributed by atoms with Gasteiger partial charge in [-0.05, 0) is 43.2 Å². The summed E-state index contributed by atoms with van der Waals surface area (Å²) in [6, 6.07) is 12.6. The lowest BCUT2D eigenvalue weighted by Crippen LogP contribution is -2.03. The van der Waals surface area contributed by atoms with E-state index in [4.69, 9.17) is 4.74 Å². The number of benzene rings is 2. The Kier molecular flexibility index (Phi) is 7.33. The molecule has 0 amide bonds. The number of carbonyl (C=O) groups is 1. The van der Waals surface area contributed by atoms with Crippen molar-refractivity contribution in [3.63, 3.8) is 0 Å². The highest BCUT2D eigenvalue weighted by Crippen LogP contribution is 2.33. The van der Waals surface area contributed by atoms with Crippen LogP contribution in [0.25, 0.3) is 10.6 Å². The van der Waals surface area contributed by atoms with E-state index in [1.807, 2.05) is 31.2 Å². The molecule has 0 bridgehead atoms. The standard InChI is InChI=1S/C23H22F3NO3S/c1-15-20(31-22(27-15)17-6-8-18(9-7-17)23(24,25)26)13-14-30-19-10-3-16(4-11-19)5-12-21(28)29-2/h3-4,6-11H,5,12-14H2,1-2H3. The lowest BCUT2D eigenvalue weighted by atomic mass is 10.1. The van der Waals surface area contributed by atoms with Crippen molar-refractivity contribution in [2.75, 3.05) is 13.7 Å². The van der Waals surface area contributed by atoms with E-state index in [1.165, 1.54) is 30.6 Å². The molecular formula is C23H22F3NO3S. The minimum Gasteiger partial charge on any atom is -0.493 e. The van der Waals surface area contributed by atoms with Crippen LogP contribution < -0.4 is 4.74 Å². The molecule has 31 heavy (non-hydrogen) atoms. The van der Waals surface area contributed by atoms with Gasteiger partial charge < -0.3 is 9.47 Å². The summed E-state index contributed by atoms with van der Waals surface area (Å²) >= 11 is 1.46. The van der Waals surface area contributed by atoms with Crippen molar-refractivity contribution < 1.29 is 27.4 Å². The van der Waals surface area contributed by atoms with Crippen molar-refractivity contribution in [2.45, 2.75) is 32.4 Å². The van der Waals surface area contributed by atoms with Gasteiger partial charge in [-0.3, -0.25) is 4.79 Å². The van der Waals surface area contributed by atoms with Crippen LogP contribution in [-0.2, 0) is 28.5 Å². The maximum absolute atomic E-state index is 12.7. The number of aromatic nitrogens is 1. The van der Waals surface area contributed by atoms with Gasteiger partial charge in [-0.1, -0.05) is 24.3 Å². The average molecular weight is 449 g/mol. The van der Waals surface area contributed by atoms with Crippen molar-refractivity contribution >= 4 is 17.3 Å². The molecule has 0 unspecified atom stereocenters. The summed E-state index contributed by atoms with van der Waals surface area (Å²) in [6.07, 6.45) is -2.75. The number of carbonyl (C=O) groups excluding carboxylic acids is 1. The van der Waals surface area contributed by atoms with Gasteiger partial charge in [0.15, 0.2) is 0 Å². The Morgan fingerprint density at radius 3 is 2.32 bits per heavy atom. The Balaban J connectivity index is 1.54. The van der Waals surface area contributed by atoms with E-state index in [0.717, 1.165) is 34.0 Å².